The first kappa shape index (κ1) is 17.3. The Balaban J connectivity index is 1.66. The van der Waals surface area contributed by atoms with E-state index in [1.54, 1.807) is 6.07 Å². The lowest BCUT2D eigenvalue weighted by Crippen LogP contribution is -2.30. The third kappa shape index (κ3) is 3.92. The number of carbonyl (C=O) groups excluding carboxylic acids is 1. The predicted molar refractivity (Wildman–Crippen MR) is 93.6 cm³/mol. The number of hydrogen-bond donors (Lipinski definition) is 0. The van der Waals surface area contributed by atoms with E-state index in [1.165, 1.54) is 7.11 Å². The first-order valence-electron chi connectivity index (χ1n) is 8.51. The molecule has 7 nitrogen and oxygen atoms in total. The molecule has 1 amide bonds. The van der Waals surface area contributed by atoms with E-state index < -0.39 is 0 Å². The molecule has 1 fully saturated rings. The third-order valence-corrected chi connectivity index (χ3v) is 4.52. The Hall–Kier alpha value is -2.57. The van der Waals surface area contributed by atoms with E-state index in [-0.39, 0.29) is 11.9 Å². The highest BCUT2D eigenvalue weighted by Crippen LogP contribution is 2.33. The molecule has 25 heavy (non-hydrogen) atoms. The first-order chi connectivity index (χ1) is 12.1. The van der Waals surface area contributed by atoms with Crippen LogP contribution in [0.5, 0.6) is 5.88 Å². The van der Waals surface area contributed by atoms with Gasteiger partial charge in [-0.15, -0.1) is 0 Å². The van der Waals surface area contributed by atoms with Gasteiger partial charge in [0.2, 0.25) is 5.91 Å². The molecule has 0 bridgehead atoms. The standard InChI is InChI=1S/C18H24N4O3/c1-21(2)16-11-13(8-9-19-16)15-5-4-10-22(15)18(23)7-6-14-12-17(24-3)20-25-14/h8-9,11-12,15H,4-7,10H2,1-3H3. The Morgan fingerprint density at radius 1 is 1.44 bits per heavy atom. The molecule has 0 aromatic carbocycles. The van der Waals surface area contributed by atoms with Crippen LogP contribution in [0.25, 0.3) is 0 Å². The topological polar surface area (TPSA) is 71.7 Å². The average molecular weight is 344 g/mol. The summed E-state index contributed by atoms with van der Waals surface area (Å²) in [6.45, 7) is 0.794. The second-order valence-electron chi connectivity index (χ2n) is 6.42. The van der Waals surface area contributed by atoms with Gasteiger partial charge in [0, 0.05) is 45.7 Å². The van der Waals surface area contributed by atoms with Crippen molar-refractivity contribution in [3.63, 3.8) is 0 Å². The minimum Gasteiger partial charge on any atom is -0.479 e. The lowest BCUT2D eigenvalue weighted by atomic mass is 10.1. The normalized spacial score (nSPS) is 16.9. The summed E-state index contributed by atoms with van der Waals surface area (Å²) in [6, 6.07) is 5.92. The average Bonchev–Trinajstić information content (AvgIpc) is 3.29. The zero-order chi connectivity index (χ0) is 17.8. The number of aryl methyl sites for hydroxylation is 1. The van der Waals surface area contributed by atoms with Crippen LogP contribution in [-0.2, 0) is 11.2 Å². The second kappa shape index (κ2) is 7.55. The second-order valence-corrected chi connectivity index (χ2v) is 6.42. The smallest absolute Gasteiger partial charge is 0.254 e. The van der Waals surface area contributed by atoms with Crippen LogP contribution in [0.2, 0.25) is 0 Å². The van der Waals surface area contributed by atoms with Gasteiger partial charge in [-0.25, -0.2) is 4.98 Å². The number of pyridine rings is 1. The fourth-order valence-corrected chi connectivity index (χ4v) is 3.18. The van der Waals surface area contributed by atoms with Crippen molar-refractivity contribution in [2.24, 2.45) is 0 Å². The molecule has 3 heterocycles. The molecule has 1 aliphatic heterocycles. The molecule has 1 atom stereocenters. The summed E-state index contributed by atoms with van der Waals surface area (Å²) in [4.78, 5) is 21.0. The molecule has 0 N–H and O–H groups in total. The molecular weight excluding hydrogens is 320 g/mol. The third-order valence-electron chi connectivity index (χ3n) is 4.52. The predicted octanol–water partition coefficient (Wildman–Crippen LogP) is 2.44. The number of amides is 1. The number of carbonyl (C=O) groups is 1. The molecule has 1 saturated heterocycles. The minimum atomic E-state index is 0.124. The number of aromatic nitrogens is 2. The lowest BCUT2D eigenvalue weighted by Gasteiger charge is -2.26. The van der Waals surface area contributed by atoms with Crippen LogP contribution in [0, 0.1) is 0 Å². The number of nitrogens with zero attached hydrogens (tertiary/aromatic N) is 4. The van der Waals surface area contributed by atoms with Crippen molar-refractivity contribution in [2.75, 3.05) is 32.6 Å². The number of anilines is 1. The number of hydrogen-bond acceptors (Lipinski definition) is 6. The number of ether oxygens (including phenoxy) is 1. The summed E-state index contributed by atoms with van der Waals surface area (Å²) in [5.41, 5.74) is 1.14. The van der Waals surface area contributed by atoms with E-state index in [0.29, 0.717) is 24.5 Å². The molecule has 2 aromatic rings. The number of rotatable bonds is 6. The van der Waals surface area contributed by atoms with E-state index >= 15 is 0 Å². The summed E-state index contributed by atoms with van der Waals surface area (Å²) in [5.74, 6) is 2.15. The molecule has 7 heteroatoms. The van der Waals surface area contributed by atoms with Gasteiger partial charge in [-0.1, -0.05) is 0 Å². The Morgan fingerprint density at radius 3 is 3.00 bits per heavy atom. The molecule has 0 radical (unpaired) electrons. The summed E-state index contributed by atoms with van der Waals surface area (Å²) < 4.78 is 10.2. The summed E-state index contributed by atoms with van der Waals surface area (Å²) in [7, 11) is 5.48. The number of methoxy groups -OCH3 is 1. The maximum absolute atomic E-state index is 12.7. The van der Waals surface area contributed by atoms with Crippen LogP contribution < -0.4 is 9.64 Å². The highest BCUT2D eigenvalue weighted by atomic mass is 16.5. The van der Waals surface area contributed by atoms with Crippen LogP contribution >= 0.6 is 0 Å². The maximum atomic E-state index is 12.7. The largest absolute Gasteiger partial charge is 0.479 e. The summed E-state index contributed by atoms with van der Waals surface area (Å²) >= 11 is 0. The van der Waals surface area contributed by atoms with Gasteiger partial charge >= 0.3 is 0 Å². The Labute approximate surface area is 147 Å². The molecule has 134 valence electrons. The lowest BCUT2D eigenvalue weighted by molar-refractivity contribution is -0.132. The van der Waals surface area contributed by atoms with Crippen molar-refractivity contribution in [3.05, 3.63) is 35.7 Å². The van der Waals surface area contributed by atoms with E-state index in [0.717, 1.165) is 30.8 Å². The van der Waals surface area contributed by atoms with Crippen molar-refractivity contribution in [2.45, 2.75) is 31.7 Å². The maximum Gasteiger partial charge on any atom is 0.254 e. The zero-order valence-corrected chi connectivity index (χ0v) is 14.9. The summed E-state index contributed by atoms with van der Waals surface area (Å²) in [6.07, 6.45) is 4.75. The molecule has 0 saturated carbocycles. The van der Waals surface area contributed by atoms with Crippen molar-refractivity contribution in [1.29, 1.82) is 0 Å². The fourth-order valence-electron chi connectivity index (χ4n) is 3.18. The van der Waals surface area contributed by atoms with E-state index in [4.69, 9.17) is 9.26 Å². The van der Waals surface area contributed by atoms with Gasteiger partial charge in [0.25, 0.3) is 5.88 Å². The molecule has 0 aliphatic carbocycles. The van der Waals surface area contributed by atoms with Gasteiger partial charge in [-0.05, 0) is 35.7 Å². The van der Waals surface area contributed by atoms with Gasteiger partial charge in [0.05, 0.1) is 13.2 Å². The van der Waals surface area contributed by atoms with Crippen LogP contribution in [0.3, 0.4) is 0 Å². The van der Waals surface area contributed by atoms with Gasteiger partial charge in [0.1, 0.15) is 11.6 Å². The Kier molecular flexibility index (Phi) is 5.21. The van der Waals surface area contributed by atoms with E-state index in [9.17, 15) is 4.79 Å². The SMILES string of the molecule is COc1cc(CCC(=O)N2CCCC2c2ccnc(N(C)C)c2)on1. The van der Waals surface area contributed by atoms with Crippen molar-refractivity contribution < 1.29 is 14.1 Å². The minimum absolute atomic E-state index is 0.124. The van der Waals surface area contributed by atoms with Crippen molar-refractivity contribution in [3.8, 4) is 5.88 Å². The van der Waals surface area contributed by atoms with Crippen LogP contribution in [0.15, 0.2) is 28.9 Å². The molecule has 1 aliphatic rings. The van der Waals surface area contributed by atoms with Crippen LogP contribution in [-0.4, -0.2) is 48.7 Å². The van der Waals surface area contributed by atoms with Crippen LogP contribution in [0.1, 0.15) is 36.6 Å². The van der Waals surface area contributed by atoms with Crippen molar-refractivity contribution in [1.82, 2.24) is 15.0 Å². The number of likely N-dealkylation sites (tertiary alicyclic amines) is 1. The first-order valence-corrected chi connectivity index (χ1v) is 8.51. The molecule has 0 spiro atoms. The quantitative estimate of drug-likeness (QED) is 0.801. The highest BCUT2D eigenvalue weighted by Gasteiger charge is 2.30. The van der Waals surface area contributed by atoms with Gasteiger partial charge in [-0.3, -0.25) is 4.79 Å². The van der Waals surface area contributed by atoms with E-state index in [2.05, 4.69) is 16.2 Å². The summed E-state index contributed by atoms with van der Waals surface area (Å²) in [5, 5.41) is 3.77. The molecule has 2 aromatic heterocycles. The van der Waals surface area contributed by atoms with Gasteiger partial charge in [-0.2, -0.15) is 0 Å². The van der Waals surface area contributed by atoms with Gasteiger partial charge < -0.3 is 19.1 Å². The Morgan fingerprint density at radius 2 is 2.28 bits per heavy atom. The van der Waals surface area contributed by atoms with Crippen LogP contribution in [0.4, 0.5) is 5.82 Å². The Bertz CT molecular complexity index is 729. The fraction of sp³-hybridized carbons (Fsp3) is 0.500. The molecular formula is C18H24N4O3. The van der Waals surface area contributed by atoms with Gasteiger partial charge in [0.15, 0.2) is 0 Å². The molecule has 1 unspecified atom stereocenters. The van der Waals surface area contributed by atoms with E-state index in [1.807, 2.05) is 36.2 Å². The molecule has 3 rings (SSSR count). The zero-order valence-electron chi connectivity index (χ0n) is 14.9. The highest BCUT2D eigenvalue weighted by molar-refractivity contribution is 5.77. The van der Waals surface area contributed by atoms with Crippen molar-refractivity contribution >= 4 is 11.7 Å². The monoisotopic (exact) mass is 344 g/mol.